The highest BCUT2D eigenvalue weighted by Crippen LogP contribution is 2.37. The first-order chi connectivity index (χ1) is 14.1. The van der Waals surface area contributed by atoms with Gasteiger partial charge in [-0.2, -0.15) is 5.26 Å². The number of hydrogen-bond donors (Lipinski definition) is 2. The van der Waals surface area contributed by atoms with Crippen molar-refractivity contribution in [2.24, 2.45) is 0 Å². The van der Waals surface area contributed by atoms with Crippen LogP contribution in [0.15, 0.2) is 29.4 Å². The molecule has 0 radical (unpaired) electrons. The summed E-state index contributed by atoms with van der Waals surface area (Å²) >= 11 is 8.61. The van der Waals surface area contributed by atoms with Gasteiger partial charge in [-0.1, -0.05) is 23.4 Å². The lowest BCUT2D eigenvalue weighted by molar-refractivity contribution is -0.113. The molecule has 3 N–H and O–H groups in total. The highest BCUT2D eigenvalue weighted by Gasteiger charge is 2.22. The molecule has 148 valence electrons. The summed E-state index contributed by atoms with van der Waals surface area (Å²) in [5.74, 6) is 6.48. The summed E-state index contributed by atoms with van der Waals surface area (Å²) in [5, 5.41) is 22.2. The lowest BCUT2D eigenvalue weighted by Gasteiger charge is -2.09. The number of anilines is 1. The van der Waals surface area contributed by atoms with Gasteiger partial charge in [-0.15, -0.1) is 21.5 Å². The minimum atomic E-state index is -0.207. The number of rotatable bonds is 5. The highest BCUT2D eigenvalue weighted by atomic mass is 35.5. The zero-order valence-electron chi connectivity index (χ0n) is 15.3. The summed E-state index contributed by atoms with van der Waals surface area (Å²) in [6.07, 6.45) is 4.10. The summed E-state index contributed by atoms with van der Waals surface area (Å²) in [7, 11) is 0. The second-order valence-electron chi connectivity index (χ2n) is 6.55. The summed E-state index contributed by atoms with van der Waals surface area (Å²) < 4.78 is 1.35. The van der Waals surface area contributed by atoms with Crippen LogP contribution in [-0.2, 0) is 17.6 Å². The maximum absolute atomic E-state index is 12.4. The molecule has 7 nitrogen and oxygen atoms in total. The Morgan fingerprint density at radius 1 is 1.31 bits per heavy atom. The normalized spacial score (nSPS) is 13.0. The molecular formula is C19H17ClN6OS2. The molecule has 4 rings (SSSR count). The molecule has 0 saturated carbocycles. The van der Waals surface area contributed by atoms with Crippen molar-refractivity contribution in [3.8, 4) is 17.5 Å². The maximum Gasteiger partial charge on any atom is 0.235 e. The number of nitrogen functional groups attached to an aromatic ring is 1. The number of carbonyl (C=O) groups is 1. The molecule has 0 saturated heterocycles. The number of thiophene rings is 1. The Morgan fingerprint density at radius 3 is 2.83 bits per heavy atom. The van der Waals surface area contributed by atoms with Crippen molar-refractivity contribution in [3.63, 3.8) is 0 Å². The molecule has 2 heterocycles. The number of halogens is 1. The monoisotopic (exact) mass is 444 g/mol. The first-order valence-electron chi connectivity index (χ1n) is 9.00. The molecule has 1 aromatic carbocycles. The van der Waals surface area contributed by atoms with Crippen LogP contribution in [0.5, 0.6) is 0 Å². The zero-order chi connectivity index (χ0) is 20.4. The van der Waals surface area contributed by atoms with Crippen LogP contribution in [-0.4, -0.2) is 26.5 Å². The number of carbonyl (C=O) groups excluding carboxylic acids is 1. The van der Waals surface area contributed by atoms with E-state index in [-0.39, 0.29) is 11.7 Å². The van der Waals surface area contributed by atoms with Crippen molar-refractivity contribution in [2.75, 3.05) is 16.9 Å². The minimum Gasteiger partial charge on any atom is -0.335 e. The second-order valence-corrected chi connectivity index (χ2v) is 9.03. The van der Waals surface area contributed by atoms with Crippen LogP contribution in [0.1, 0.15) is 28.8 Å². The van der Waals surface area contributed by atoms with Crippen molar-refractivity contribution >= 4 is 45.6 Å². The van der Waals surface area contributed by atoms with Gasteiger partial charge in [0.25, 0.3) is 0 Å². The van der Waals surface area contributed by atoms with E-state index < -0.39 is 0 Å². The minimum absolute atomic E-state index is 0.114. The van der Waals surface area contributed by atoms with Gasteiger partial charge in [0.15, 0.2) is 5.82 Å². The largest absolute Gasteiger partial charge is 0.335 e. The first-order valence-corrected chi connectivity index (χ1v) is 11.2. The molecule has 0 aliphatic heterocycles. The lowest BCUT2D eigenvalue weighted by atomic mass is 9.96. The van der Waals surface area contributed by atoms with Gasteiger partial charge >= 0.3 is 0 Å². The number of nitrogens with one attached hydrogen (secondary N) is 1. The predicted octanol–water partition coefficient (Wildman–Crippen LogP) is 3.86. The number of aromatic nitrogens is 3. The third-order valence-corrected chi connectivity index (χ3v) is 7.04. The van der Waals surface area contributed by atoms with Crippen LogP contribution in [0, 0.1) is 11.3 Å². The van der Waals surface area contributed by atoms with Gasteiger partial charge in [0.2, 0.25) is 11.1 Å². The molecule has 0 spiro atoms. The van der Waals surface area contributed by atoms with E-state index in [2.05, 4.69) is 21.6 Å². The van der Waals surface area contributed by atoms with E-state index in [1.54, 1.807) is 24.3 Å². The maximum atomic E-state index is 12.4. The Kier molecular flexibility index (Phi) is 5.76. The fourth-order valence-electron chi connectivity index (χ4n) is 3.24. The molecule has 29 heavy (non-hydrogen) atoms. The number of fused-ring (bicyclic) bond motifs is 1. The highest BCUT2D eigenvalue weighted by molar-refractivity contribution is 7.99. The number of aryl methyl sites for hydroxylation is 1. The van der Waals surface area contributed by atoms with Crippen LogP contribution in [0.2, 0.25) is 5.02 Å². The van der Waals surface area contributed by atoms with Gasteiger partial charge in [-0.3, -0.25) is 4.79 Å². The summed E-state index contributed by atoms with van der Waals surface area (Å²) in [6.45, 7) is 0. The van der Waals surface area contributed by atoms with E-state index in [9.17, 15) is 10.1 Å². The Morgan fingerprint density at radius 2 is 2.07 bits per heavy atom. The van der Waals surface area contributed by atoms with Crippen molar-refractivity contribution in [3.05, 3.63) is 45.3 Å². The third-order valence-electron chi connectivity index (χ3n) is 4.64. The molecule has 0 bridgehead atoms. The molecule has 0 atom stereocenters. The number of amides is 1. The van der Waals surface area contributed by atoms with E-state index in [4.69, 9.17) is 17.4 Å². The average molecular weight is 445 g/mol. The number of hydrogen-bond acceptors (Lipinski definition) is 7. The molecule has 1 amide bonds. The number of thioether (sulfide) groups is 1. The molecule has 0 unspecified atom stereocenters. The quantitative estimate of drug-likeness (QED) is 0.456. The summed E-state index contributed by atoms with van der Waals surface area (Å²) in [4.78, 5) is 13.7. The molecule has 1 aliphatic carbocycles. The molecular weight excluding hydrogens is 428 g/mol. The Balaban J connectivity index is 1.43. The van der Waals surface area contributed by atoms with Gasteiger partial charge in [0.05, 0.1) is 11.3 Å². The number of nitrogens with two attached hydrogens (primary N) is 1. The topological polar surface area (TPSA) is 110 Å². The van der Waals surface area contributed by atoms with E-state index in [1.807, 2.05) is 0 Å². The van der Waals surface area contributed by atoms with Crippen LogP contribution < -0.4 is 11.2 Å². The van der Waals surface area contributed by atoms with E-state index in [1.165, 1.54) is 32.7 Å². The number of benzene rings is 1. The van der Waals surface area contributed by atoms with E-state index >= 15 is 0 Å². The van der Waals surface area contributed by atoms with Crippen LogP contribution in [0.3, 0.4) is 0 Å². The van der Waals surface area contributed by atoms with Crippen LogP contribution in [0.25, 0.3) is 11.4 Å². The molecule has 3 aromatic rings. The Bertz CT molecular complexity index is 1100. The standard InChI is InChI=1S/C19H17ClN6OS2/c20-12-7-5-11(6-8-12)17-24-25-19(26(17)22)28-10-16(27)23-18-14(9-21)13-3-1-2-4-15(13)29-18/h5-8H,1-4,10,22H2,(H,23,27). The summed E-state index contributed by atoms with van der Waals surface area (Å²) in [5.41, 5.74) is 2.49. The fraction of sp³-hybridized carbons (Fsp3) is 0.263. The molecule has 0 fully saturated rings. The molecule has 1 aliphatic rings. The number of nitriles is 1. The SMILES string of the molecule is N#Cc1c(NC(=O)CSc2nnc(-c3ccc(Cl)cc3)n2N)sc2c1CCCC2. The fourth-order valence-corrected chi connectivity index (χ4v) is 5.27. The molecule has 2 aromatic heterocycles. The van der Waals surface area contributed by atoms with Crippen LogP contribution in [0.4, 0.5) is 5.00 Å². The lowest BCUT2D eigenvalue weighted by Crippen LogP contribution is -2.16. The predicted molar refractivity (Wildman–Crippen MR) is 116 cm³/mol. The van der Waals surface area contributed by atoms with Gasteiger partial charge in [-0.05, 0) is 55.5 Å². The van der Waals surface area contributed by atoms with E-state index in [0.29, 0.717) is 26.6 Å². The second kappa shape index (κ2) is 8.45. The Labute approximate surface area is 180 Å². The smallest absolute Gasteiger partial charge is 0.235 e. The van der Waals surface area contributed by atoms with Gasteiger partial charge in [0.1, 0.15) is 11.1 Å². The van der Waals surface area contributed by atoms with Gasteiger partial charge < -0.3 is 11.2 Å². The van der Waals surface area contributed by atoms with Crippen molar-refractivity contribution in [1.82, 2.24) is 14.9 Å². The van der Waals surface area contributed by atoms with Crippen molar-refractivity contribution in [2.45, 2.75) is 30.8 Å². The van der Waals surface area contributed by atoms with Crippen LogP contribution >= 0.6 is 34.7 Å². The average Bonchev–Trinajstić information content (AvgIpc) is 3.26. The third kappa shape index (κ3) is 4.10. The number of nitrogens with zero attached hydrogens (tertiary/aromatic N) is 4. The van der Waals surface area contributed by atoms with Crippen molar-refractivity contribution in [1.29, 1.82) is 5.26 Å². The van der Waals surface area contributed by atoms with Gasteiger partial charge in [-0.25, -0.2) is 4.68 Å². The van der Waals surface area contributed by atoms with E-state index in [0.717, 1.165) is 36.8 Å². The van der Waals surface area contributed by atoms with Crippen molar-refractivity contribution < 1.29 is 4.79 Å². The first kappa shape index (κ1) is 19.8. The van der Waals surface area contributed by atoms with Gasteiger partial charge in [0, 0.05) is 15.5 Å². The summed E-state index contributed by atoms with van der Waals surface area (Å²) in [6, 6.07) is 9.36. The molecule has 10 heteroatoms. The zero-order valence-corrected chi connectivity index (χ0v) is 17.7. The Hall–Kier alpha value is -2.54.